The van der Waals surface area contributed by atoms with Gasteiger partial charge in [0, 0.05) is 5.70 Å². The van der Waals surface area contributed by atoms with Crippen LogP contribution >= 0.6 is 11.6 Å². The molecule has 0 aliphatic carbocycles. The minimum Gasteiger partial charge on any atom is -0.506 e. The minimum atomic E-state index is -0.584. The lowest BCUT2D eigenvalue weighted by atomic mass is 9.81. The number of rotatable bonds is 2. The fourth-order valence-corrected chi connectivity index (χ4v) is 2.94. The van der Waals surface area contributed by atoms with Crippen LogP contribution < -0.4 is 5.32 Å². The lowest BCUT2D eigenvalue weighted by Gasteiger charge is -2.27. The second kappa shape index (κ2) is 6.16. The third-order valence-electron chi connectivity index (χ3n) is 3.88. The summed E-state index contributed by atoms with van der Waals surface area (Å²) in [5.74, 6) is -0.125. The predicted octanol–water partition coefficient (Wildman–Crippen LogP) is 4.06. The maximum Gasteiger partial charge on any atom is 0.151 e. The largest absolute Gasteiger partial charge is 0.506 e. The van der Waals surface area contributed by atoms with Crippen molar-refractivity contribution in [3.63, 3.8) is 0 Å². The summed E-state index contributed by atoms with van der Waals surface area (Å²) in [6.07, 6.45) is 1.52. The summed E-state index contributed by atoms with van der Waals surface area (Å²) in [6, 6.07) is 12.5. The Kier molecular flexibility index (Phi) is 4.04. The van der Waals surface area contributed by atoms with E-state index in [0.717, 1.165) is 0 Å². The molecule has 0 radical (unpaired) electrons. The van der Waals surface area contributed by atoms with Crippen LogP contribution in [-0.2, 0) is 0 Å². The molecule has 0 spiro atoms. The average Bonchev–Trinajstić information content (AvgIpc) is 3.10. The number of halogens is 1. The summed E-state index contributed by atoms with van der Waals surface area (Å²) in [4.78, 5) is 0. The van der Waals surface area contributed by atoms with Gasteiger partial charge in [-0.3, -0.25) is 0 Å². The molecular formula is C18H12ClN3O2. The Morgan fingerprint density at radius 1 is 1.21 bits per heavy atom. The topological polar surface area (TPSA) is 93.0 Å². The molecule has 118 valence electrons. The molecule has 1 aromatic carbocycles. The minimum absolute atomic E-state index is 0.0534. The predicted molar refractivity (Wildman–Crippen MR) is 88.5 cm³/mol. The quantitative estimate of drug-likeness (QED) is 0.862. The standard InChI is InChI=1S/C18H12ClN3O2/c1-10-12(8-20)17(11-4-5-15(23)14(19)7-11)13(9-21)18(22-10)16-3-2-6-24-16/h2-7,17,22-23H,1H3. The van der Waals surface area contributed by atoms with Gasteiger partial charge in [-0.1, -0.05) is 17.7 Å². The van der Waals surface area contributed by atoms with E-state index < -0.39 is 5.92 Å². The highest BCUT2D eigenvalue weighted by Crippen LogP contribution is 2.41. The van der Waals surface area contributed by atoms with Gasteiger partial charge in [0.15, 0.2) is 5.76 Å². The molecule has 2 N–H and O–H groups in total. The molecule has 0 saturated heterocycles. The molecule has 5 nitrogen and oxygen atoms in total. The molecule has 2 aromatic rings. The molecule has 1 aliphatic heterocycles. The van der Waals surface area contributed by atoms with Gasteiger partial charge in [0.1, 0.15) is 5.75 Å². The third-order valence-corrected chi connectivity index (χ3v) is 4.18. The molecule has 24 heavy (non-hydrogen) atoms. The first-order valence-corrected chi connectivity index (χ1v) is 7.49. The summed E-state index contributed by atoms with van der Waals surface area (Å²) in [6.45, 7) is 1.77. The molecule has 1 unspecified atom stereocenters. The van der Waals surface area contributed by atoms with Crippen LogP contribution in [-0.4, -0.2) is 5.11 Å². The van der Waals surface area contributed by atoms with Crippen LogP contribution in [0.1, 0.15) is 24.2 Å². The van der Waals surface area contributed by atoms with Crippen molar-refractivity contribution in [3.05, 3.63) is 69.8 Å². The van der Waals surface area contributed by atoms with E-state index in [9.17, 15) is 15.6 Å². The highest BCUT2D eigenvalue weighted by Gasteiger charge is 2.32. The van der Waals surface area contributed by atoms with Crippen LogP contribution in [0.2, 0.25) is 5.02 Å². The number of benzene rings is 1. The molecule has 3 rings (SSSR count). The lowest BCUT2D eigenvalue weighted by molar-refractivity contribution is 0.475. The first-order chi connectivity index (χ1) is 11.6. The van der Waals surface area contributed by atoms with Crippen molar-refractivity contribution in [1.29, 1.82) is 10.5 Å². The number of phenolic OH excluding ortho intramolecular Hbond substituents is 1. The molecule has 1 aliphatic rings. The van der Waals surface area contributed by atoms with Gasteiger partial charge in [-0.25, -0.2) is 0 Å². The van der Waals surface area contributed by atoms with E-state index in [4.69, 9.17) is 16.0 Å². The lowest BCUT2D eigenvalue weighted by Crippen LogP contribution is -2.23. The van der Waals surface area contributed by atoms with Gasteiger partial charge in [0.25, 0.3) is 0 Å². The number of nitriles is 2. The van der Waals surface area contributed by atoms with Crippen molar-refractivity contribution in [3.8, 4) is 17.9 Å². The molecular weight excluding hydrogens is 326 g/mol. The van der Waals surface area contributed by atoms with Gasteiger partial charge >= 0.3 is 0 Å². The van der Waals surface area contributed by atoms with Crippen molar-refractivity contribution >= 4 is 17.3 Å². The van der Waals surface area contributed by atoms with Crippen molar-refractivity contribution < 1.29 is 9.52 Å². The van der Waals surface area contributed by atoms with E-state index in [0.29, 0.717) is 33.9 Å². The van der Waals surface area contributed by atoms with Gasteiger partial charge in [-0.2, -0.15) is 10.5 Å². The van der Waals surface area contributed by atoms with Crippen LogP contribution in [0.15, 0.2) is 57.9 Å². The number of nitrogens with zero attached hydrogens (tertiary/aromatic N) is 2. The summed E-state index contributed by atoms with van der Waals surface area (Å²) in [5, 5.41) is 32.2. The zero-order chi connectivity index (χ0) is 17.3. The van der Waals surface area contributed by atoms with Gasteiger partial charge in [0.05, 0.1) is 46.2 Å². The third kappa shape index (κ3) is 2.52. The van der Waals surface area contributed by atoms with Gasteiger partial charge in [-0.15, -0.1) is 0 Å². The molecule has 0 bridgehead atoms. The monoisotopic (exact) mass is 337 g/mol. The average molecular weight is 338 g/mol. The Hall–Kier alpha value is -3.15. The van der Waals surface area contributed by atoms with E-state index >= 15 is 0 Å². The van der Waals surface area contributed by atoms with Crippen molar-refractivity contribution in [1.82, 2.24) is 5.32 Å². The number of hydrogen-bond acceptors (Lipinski definition) is 5. The second-order valence-electron chi connectivity index (χ2n) is 5.30. The number of dihydropyridines is 1. The summed E-state index contributed by atoms with van der Waals surface area (Å²) in [5.41, 5.74) is 2.58. The van der Waals surface area contributed by atoms with Crippen molar-refractivity contribution in [2.75, 3.05) is 0 Å². The zero-order valence-electron chi connectivity index (χ0n) is 12.7. The highest BCUT2D eigenvalue weighted by molar-refractivity contribution is 6.32. The van der Waals surface area contributed by atoms with E-state index in [1.807, 2.05) is 0 Å². The maximum atomic E-state index is 9.71. The SMILES string of the molecule is CC1=C(C#N)C(c2ccc(O)c(Cl)c2)C(C#N)=C(c2ccco2)N1. The fraction of sp³-hybridized carbons (Fsp3) is 0.111. The highest BCUT2D eigenvalue weighted by atomic mass is 35.5. The van der Waals surface area contributed by atoms with Crippen LogP contribution in [0, 0.1) is 22.7 Å². The molecule has 0 saturated carbocycles. The maximum absolute atomic E-state index is 9.71. The van der Waals surface area contributed by atoms with E-state index in [-0.39, 0.29) is 10.8 Å². The Morgan fingerprint density at radius 3 is 2.54 bits per heavy atom. The Balaban J connectivity index is 2.24. The normalized spacial score (nSPS) is 17.2. The molecule has 1 aromatic heterocycles. The van der Waals surface area contributed by atoms with Crippen LogP contribution in [0.5, 0.6) is 5.75 Å². The first-order valence-electron chi connectivity index (χ1n) is 7.11. The van der Waals surface area contributed by atoms with E-state index in [2.05, 4.69) is 17.5 Å². The van der Waals surface area contributed by atoms with E-state index in [1.54, 1.807) is 31.2 Å². The molecule has 0 fully saturated rings. The molecule has 2 heterocycles. The number of allylic oxidation sites excluding steroid dienone is 3. The Bertz CT molecular complexity index is 944. The van der Waals surface area contributed by atoms with Crippen LogP contribution in [0.4, 0.5) is 0 Å². The van der Waals surface area contributed by atoms with Crippen LogP contribution in [0.25, 0.3) is 5.70 Å². The number of nitrogens with one attached hydrogen (secondary N) is 1. The van der Waals surface area contributed by atoms with Crippen LogP contribution in [0.3, 0.4) is 0 Å². The first kappa shape index (κ1) is 15.7. The molecule has 1 atom stereocenters. The number of aromatic hydroxyl groups is 1. The van der Waals surface area contributed by atoms with E-state index in [1.165, 1.54) is 12.3 Å². The number of hydrogen-bond donors (Lipinski definition) is 2. The van der Waals surface area contributed by atoms with Crippen molar-refractivity contribution in [2.45, 2.75) is 12.8 Å². The molecule has 6 heteroatoms. The fourth-order valence-electron chi connectivity index (χ4n) is 2.75. The summed E-state index contributed by atoms with van der Waals surface area (Å²) in [7, 11) is 0. The number of furan rings is 1. The van der Waals surface area contributed by atoms with Crippen molar-refractivity contribution in [2.24, 2.45) is 0 Å². The Morgan fingerprint density at radius 2 is 1.96 bits per heavy atom. The summed E-state index contributed by atoms with van der Waals surface area (Å²) < 4.78 is 5.41. The van der Waals surface area contributed by atoms with Gasteiger partial charge < -0.3 is 14.8 Å². The van der Waals surface area contributed by atoms with Gasteiger partial charge in [-0.05, 0) is 36.8 Å². The molecule has 0 amide bonds. The zero-order valence-corrected chi connectivity index (χ0v) is 13.4. The Labute approximate surface area is 143 Å². The van der Waals surface area contributed by atoms with Gasteiger partial charge in [0.2, 0.25) is 0 Å². The smallest absolute Gasteiger partial charge is 0.151 e. The number of phenols is 1. The summed E-state index contributed by atoms with van der Waals surface area (Å²) >= 11 is 6.01. The second-order valence-corrected chi connectivity index (χ2v) is 5.70.